The highest BCUT2D eigenvalue weighted by atomic mass is 16.5. The van der Waals surface area contributed by atoms with Crippen molar-refractivity contribution in [2.24, 2.45) is 0 Å². The number of aromatic amines is 1. The van der Waals surface area contributed by atoms with E-state index < -0.39 is 6.10 Å². The minimum atomic E-state index is -0.689. The number of H-pyrrole nitrogens is 1. The third-order valence-corrected chi connectivity index (χ3v) is 6.75. The quantitative estimate of drug-likeness (QED) is 0.346. The summed E-state index contributed by atoms with van der Waals surface area (Å²) in [5.41, 5.74) is 4.02. The first-order valence-corrected chi connectivity index (χ1v) is 12.3. The molecule has 0 spiro atoms. The molecule has 0 radical (unpaired) electrons. The number of nitrogens with zero attached hydrogens (tertiary/aromatic N) is 1. The molecule has 0 saturated carbocycles. The van der Waals surface area contributed by atoms with Gasteiger partial charge in [-0.2, -0.15) is 0 Å². The Morgan fingerprint density at radius 2 is 1.84 bits per heavy atom. The van der Waals surface area contributed by atoms with Crippen molar-refractivity contribution in [3.8, 4) is 11.5 Å². The number of nitrogens with one attached hydrogen (secondary N) is 3. The third-order valence-electron chi connectivity index (χ3n) is 6.75. The molecule has 0 bridgehead atoms. The Hall–Kier alpha value is -4.46. The van der Waals surface area contributed by atoms with Crippen LogP contribution < -0.4 is 25.0 Å². The molecule has 2 atom stereocenters. The molecular formula is C29H30N4O4. The number of carbonyl (C=O) groups excluding carboxylic acids is 2. The van der Waals surface area contributed by atoms with Crippen LogP contribution in [-0.4, -0.2) is 56.7 Å². The van der Waals surface area contributed by atoms with E-state index in [-0.39, 0.29) is 30.8 Å². The van der Waals surface area contributed by atoms with Crippen molar-refractivity contribution < 1.29 is 19.1 Å². The van der Waals surface area contributed by atoms with Crippen molar-refractivity contribution in [1.29, 1.82) is 0 Å². The molecular weight excluding hydrogens is 468 g/mol. The fraction of sp³-hybridized carbons (Fsp3) is 0.241. The molecule has 8 heteroatoms. The van der Waals surface area contributed by atoms with Crippen molar-refractivity contribution in [2.45, 2.75) is 12.0 Å². The van der Waals surface area contributed by atoms with Gasteiger partial charge in [-0.1, -0.05) is 42.5 Å². The Morgan fingerprint density at radius 3 is 2.62 bits per heavy atom. The summed E-state index contributed by atoms with van der Waals surface area (Å²) in [6.07, 6.45) is 1.32. The molecule has 2 heterocycles. The van der Waals surface area contributed by atoms with E-state index in [9.17, 15) is 9.59 Å². The van der Waals surface area contributed by atoms with Crippen LogP contribution in [0.5, 0.6) is 11.5 Å². The van der Waals surface area contributed by atoms with Gasteiger partial charge in [0.2, 0.25) is 5.91 Å². The standard InChI is InChI=1S/C29H30N4O4/c1-30-29(35)27-17-33(25-9-5-6-10-26(25)37-27)18-28(34)32-15-22(19-11-13-20(36-2)14-12-19)23-16-31-24-8-4-3-7-21(23)24/h3-14,16,22,27,31H,15,17-18H2,1-2H3,(H,30,35)(H,32,34)/t22-,27+/m0/s1. The summed E-state index contributed by atoms with van der Waals surface area (Å²) in [5.74, 6) is 0.943. The van der Waals surface area contributed by atoms with E-state index in [1.165, 1.54) is 0 Å². The Kier molecular flexibility index (Phi) is 6.98. The molecule has 8 nitrogen and oxygen atoms in total. The van der Waals surface area contributed by atoms with Crippen molar-refractivity contribution >= 4 is 28.4 Å². The molecule has 1 aliphatic rings. The van der Waals surface area contributed by atoms with E-state index in [0.29, 0.717) is 12.3 Å². The normalized spacial score (nSPS) is 15.4. The van der Waals surface area contributed by atoms with Crippen molar-refractivity contribution in [3.05, 3.63) is 90.1 Å². The van der Waals surface area contributed by atoms with Gasteiger partial charge in [0.15, 0.2) is 6.10 Å². The second kappa shape index (κ2) is 10.7. The molecule has 190 valence electrons. The first-order chi connectivity index (χ1) is 18.1. The summed E-state index contributed by atoms with van der Waals surface area (Å²) in [6, 6.07) is 23.5. The van der Waals surface area contributed by atoms with Crippen LogP contribution in [0.3, 0.4) is 0 Å². The van der Waals surface area contributed by atoms with E-state index in [4.69, 9.17) is 9.47 Å². The number of para-hydroxylation sites is 3. The monoisotopic (exact) mass is 498 g/mol. The number of carbonyl (C=O) groups is 2. The molecule has 1 aliphatic heterocycles. The topological polar surface area (TPSA) is 95.7 Å². The first-order valence-electron chi connectivity index (χ1n) is 12.3. The fourth-order valence-electron chi connectivity index (χ4n) is 4.83. The van der Waals surface area contributed by atoms with Crippen LogP contribution >= 0.6 is 0 Å². The number of rotatable bonds is 8. The summed E-state index contributed by atoms with van der Waals surface area (Å²) in [6.45, 7) is 0.809. The van der Waals surface area contributed by atoms with Crippen LogP contribution in [0.2, 0.25) is 0 Å². The minimum Gasteiger partial charge on any atom is -0.497 e. The third kappa shape index (κ3) is 5.09. The average Bonchev–Trinajstić information content (AvgIpc) is 3.37. The van der Waals surface area contributed by atoms with Gasteiger partial charge in [-0.05, 0) is 41.5 Å². The van der Waals surface area contributed by atoms with Crippen LogP contribution in [0.4, 0.5) is 5.69 Å². The molecule has 1 aromatic heterocycles. The van der Waals surface area contributed by atoms with E-state index in [1.54, 1.807) is 14.2 Å². The van der Waals surface area contributed by atoms with E-state index in [2.05, 4.69) is 21.7 Å². The van der Waals surface area contributed by atoms with Gasteiger partial charge in [0.1, 0.15) is 11.5 Å². The van der Waals surface area contributed by atoms with Gasteiger partial charge in [-0.3, -0.25) is 9.59 Å². The number of hydrogen-bond donors (Lipinski definition) is 3. The molecule has 0 saturated heterocycles. The lowest BCUT2D eigenvalue weighted by Gasteiger charge is -2.35. The lowest BCUT2D eigenvalue weighted by atomic mass is 9.90. The van der Waals surface area contributed by atoms with Crippen LogP contribution in [0.1, 0.15) is 17.0 Å². The maximum absolute atomic E-state index is 13.2. The summed E-state index contributed by atoms with van der Waals surface area (Å²) in [5, 5.41) is 6.88. The summed E-state index contributed by atoms with van der Waals surface area (Å²) in [4.78, 5) is 30.7. The second-order valence-corrected chi connectivity index (χ2v) is 8.99. The van der Waals surface area contributed by atoms with Gasteiger partial charge in [-0.15, -0.1) is 0 Å². The number of amides is 2. The number of anilines is 1. The van der Waals surface area contributed by atoms with Crippen LogP contribution in [-0.2, 0) is 9.59 Å². The summed E-state index contributed by atoms with van der Waals surface area (Å²) >= 11 is 0. The maximum Gasteiger partial charge on any atom is 0.262 e. The number of methoxy groups -OCH3 is 1. The number of benzene rings is 3. The van der Waals surface area contributed by atoms with Crippen molar-refractivity contribution in [3.63, 3.8) is 0 Å². The molecule has 0 unspecified atom stereocenters. The lowest BCUT2D eigenvalue weighted by Crippen LogP contribution is -2.50. The zero-order chi connectivity index (χ0) is 25.8. The zero-order valence-corrected chi connectivity index (χ0v) is 20.9. The van der Waals surface area contributed by atoms with Gasteiger partial charge in [0.05, 0.1) is 25.9 Å². The molecule has 4 aromatic rings. The number of aromatic nitrogens is 1. The van der Waals surface area contributed by atoms with Gasteiger partial charge in [-0.25, -0.2) is 0 Å². The summed E-state index contributed by atoms with van der Waals surface area (Å²) < 4.78 is 11.2. The predicted molar refractivity (Wildman–Crippen MR) is 143 cm³/mol. The SMILES string of the molecule is CNC(=O)[C@H]1CN(CC(=O)NC[C@@H](c2ccc(OC)cc2)c2c[nH]c3ccccc23)c2ccccc2O1. The number of likely N-dealkylation sites (N-methyl/N-ethyl adjacent to an activating group) is 1. The van der Waals surface area contributed by atoms with E-state index in [0.717, 1.165) is 33.5 Å². The highest BCUT2D eigenvalue weighted by Gasteiger charge is 2.31. The predicted octanol–water partition coefficient (Wildman–Crippen LogP) is 3.44. The Morgan fingerprint density at radius 1 is 1.08 bits per heavy atom. The highest BCUT2D eigenvalue weighted by molar-refractivity contribution is 5.87. The first kappa shape index (κ1) is 24.2. The Balaban J connectivity index is 1.36. The van der Waals surface area contributed by atoms with Crippen molar-refractivity contribution in [1.82, 2.24) is 15.6 Å². The molecule has 2 amide bonds. The van der Waals surface area contributed by atoms with Crippen LogP contribution in [0.25, 0.3) is 10.9 Å². The zero-order valence-electron chi connectivity index (χ0n) is 20.9. The molecule has 5 rings (SSSR count). The van der Waals surface area contributed by atoms with Gasteiger partial charge >= 0.3 is 0 Å². The lowest BCUT2D eigenvalue weighted by molar-refractivity contribution is -0.127. The van der Waals surface area contributed by atoms with Gasteiger partial charge in [0, 0.05) is 36.6 Å². The van der Waals surface area contributed by atoms with Crippen molar-refractivity contribution in [2.75, 3.05) is 38.7 Å². The van der Waals surface area contributed by atoms with Crippen LogP contribution in [0, 0.1) is 0 Å². The molecule has 0 fully saturated rings. The van der Waals surface area contributed by atoms with Crippen LogP contribution in [0.15, 0.2) is 79.0 Å². The Bertz CT molecular complexity index is 1400. The second-order valence-electron chi connectivity index (χ2n) is 8.99. The smallest absolute Gasteiger partial charge is 0.262 e. The molecule has 3 N–H and O–H groups in total. The highest BCUT2D eigenvalue weighted by Crippen LogP contribution is 2.34. The summed E-state index contributed by atoms with van der Waals surface area (Å²) in [7, 11) is 3.22. The molecule has 0 aliphatic carbocycles. The number of fused-ring (bicyclic) bond motifs is 2. The molecule has 3 aromatic carbocycles. The molecule has 37 heavy (non-hydrogen) atoms. The number of hydrogen-bond acceptors (Lipinski definition) is 5. The van der Waals surface area contributed by atoms with Gasteiger partial charge in [0.25, 0.3) is 5.91 Å². The fourth-order valence-corrected chi connectivity index (χ4v) is 4.83. The average molecular weight is 499 g/mol. The van der Waals surface area contributed by atoms with Gasteiger partial charge < -0.3 is 30.0 Å². The van der Waals surface area contributed by atoms with E-state index >= 15 is 0 Å². The largest absolute Gasteiger partial charge is 0.497 e. The van der Waals surface area contributed by atoms with E-state index in [1.807, 2.05) is 77.8 Å². The Labute approximate surface area is 215 Å². The number of ether oxygens (including phenoxy) is 2. The maximum atomic E-state index is 13.2. The minimum absolute atomic E-state index is 0.0680.